The Balaban J connectivity index is 1.87. The van der Waals surface area contributed by atoms with E-state index in [1.54, 1.807) is 0 Å². The first-order valence-electron chi connectivity index (χ1n) is 11.7. The molecule has 0 saturated carbocycles. The third kappa shape index (κ3) is 4.88. The van der Waals surface area contributed by atoms with E-state index in [4.69, 9.17) is 4.74 Å². The predicted molar refractivity (Wildman–Crippen MR) is 138 cm³/mol. The summed E-state index contributed by atoms with van der Waals surface area (Å²) in [4.78, 5) is 26.9. The van der Waals surface area contributed by atoms with E-state index in [2.05, 4.69) is 78.7 Å². The van der Waals surface area contributed by atoms with Crippen molar-refractivity contribution in [3.05, 3.63) is 49.2 Å². The molecule has 2 aliphatic carbocycles. The summed E-state index contributed by atoms with van der Waals surface area (Å²) in [6, 6.07) is 4.04. The molecule has 1 aromatic rings. The molecule has 0 fully saturated rings. The monoisotopic (exact) mass is 577 g/mol. The van der Waals surface area contributed by atoms with Gasteiger partial charge in [0.05, 0.1) is 15.6 Å². The molecule has 0 bridgehead atoms. The molecule has 0 spiro atoms. The zero-order valence-corrected chi connectivity index (χ0v) is 23.5. The number of Topliss-reactive ketones (excluding diaryl/α,β-unsaturated/α-hetero) is 2. The second-order valence-electron chi connectivity index (χ2n) is 11.7. The fourth-order valence-corrected chi connectivity index (χ4v) is 6.81. The molecule has 6 heteroatoms. The van der Waals surface area contributed by atoms with Crippen LogP contribution in [-0.4, -0.2) is 18.2 Å². The summed E-state index contributed by atoms with van der Waals surface area (Å²) < 4.78 is 7.66. The van der Waals surface area contributed by atoms with Crippen molar-refractivity contribution in [1.29, 1.82) is 0 Å². The van der Waals surface area contributed by atoms with Gasteiger partial charge in [0.2, 0.25) is 0 Å². The number of ketones is 2. The van der Waals surface area contributed by atoms with Crippen LogP contribution in [0.1, 0.15) is 78.7 Å². The molecule has 178 valence electrons. The van der Waals surface area contributed by atoms with Crippen LogP contribution in [0.5, 0.6) is 5.75 Å². The summed E-state index contributed by atoms with van der Waals surface area (Å²) in [6.45, 7) is 13.4. The van der Waals surface area contributed by atoms with Crippen molar-refractivity contribution in [1.82, 2.24) is 5.32 Å². The quantitative estimate of drug-likeness (QED) is 0.410. The average molecular weight is 579 g/mol. The molecule has 33 heavy (non-hydrogen) atoms. The van der Waals surface area contributed by atoms with Gasteiger partial charge in [-0.3, -0.25) is 9.59 Å². The Kier molecular flexibility index (Phi) is 6.50. The third-order valence-corrected chi connectivity index (χ3v) is 7.81. The molecule has 0 aromatic heterocycles. The molecule has 0 amide bonds. The molecule has 1 heterocycles. The fraction of sp³-hybridized carbons (Fsp3) is 0.556. The van der Waals surface area contributed by atoms with Crippen LogP contribution < -0.4 is 10.1 Å². The van der Waals surface area contributed by atoms with Crippen molar-refractivity contribution in [2.75, 3.05) is 6.61 Å². The van der Waals surface area contributed by atoms with Gasteiger partial charge >= 0.3 is 0 Å². The minimum absolute atomic E-state index is 0.102. The van der Waals surface area contributed by atoms with Gasteiger partial charge in [-0.1, -0.05) is 41.5 Å². The second-order valence-corrected chi connectivity index (χ2v) is 13.5. The lowest BCUT2D eigenvalue weighted by molar-refractivity contribution is -0.119. The number of carbonyl (C=O) groups is 2. The molecular weight excluding hydrogens is 546 g/mol. The topological polar surface area (TPSA) is 55.4 Å². The van der Waals surface area contributed by atoms with E-state index in [0.717, 1.165) is 55.6 Å². The predicted octanol–water partition coefficient (Wildman–Crippen LogP) is 7.22. The smallest absolute Gasteiger partial charge is 0.162 e. The van der Waals surface area contributed by atoms with Gasteiger partial charge in [0.15, 0.2) is 11.6 Å². The summed E-state index contributed by atoms with van der Waals surface area (Å²) in [5.74, 6) is 1.07. The average Bonchev–Trinajstić information content (AvgIpc) is 2.63. The molecule has 4 rings (SSSR count). The van der Waals surface area contributed by atoms with Gasteiger partial charge in [-0.25, -0.2) is 0 Å². The maximum atomic E-state index is 13.5. The maximum absolute atomic E-state index is 13.5. The summed E-state index contributed by atoms with van der Waals surface area (Å²) in [6.07, 6.45) is 2.58. The first kappa shape index (κ1) is 24.7. The number of halogens is 2. The molecule has 4 nitrogen and oxygen atoms in total. The maximum Gasteiger partial charge on any atom is 0.162 e. The largest absolute Gasteiger partial charge is 0.491 e. The Labute approximate surface area is 213 Å². The Bertz CT molecular complexity index is 1020. The zero-order chi connectivity index (χ0) is 24.3. The molecule has 1 aromatic carbocycles. The van der Waals surface area contributed by atoms with E-state index in [1.165, 1.54) is 0 Å². The number of allylic oxidation sites excluding steroid dienone is 4. The van der Waals surface area contributed by atoms with Gasteiger partial charge in [0.1, 0.15) is 5.75 Å². The normalized spacial score (nSPS) is 22.3. The van der Waals surface area contributed by atoms with Crippen LogP contribution in [0.2, 0.25) is 0 Å². The van der Waals surface area contributed by atoms with Crippen LogP contribution in [-0.2, 0) is 9.59 Å². The summed E-state index contributed by atoms with van der Waals surface area (Å²) >= 11 is 7.37. The number of rotatable bonds is 4. The van der Waals surface area contributed by atoms with Crippen LogP contribution in [0.15, 0.2) is 43.6 Å². The Morgan fingerprint density at radius 3 is 1.79 bits per heavy atom. The van der Waals surface area contributed by atoms with E-state index >= 15 is 0 Å². The Morgan fingerprint density at radius 1 is 0.909 bits per heavy atom. The van der Waals surface area contributed by atoms with E-state index in [1.807, 2.05) is 12.1 Å². The van der Waals surface area contributed by atoms with Gasteiger partial charge in [0, 0.05) is 41.3 Å². The van der Waals surface area contributed by atoms with Crippen molar-refractivity contribution < 1.29 is 14.3 Å². The van der Waals surface area contributed by atoms with E-state index in [-0.39, 0.29) is 28.3 Å². The molecule has 0 atom stereocenters. The van der Waals surface area contributed by atoms with Gasteiger partial charge in [-0.15, -0.1) is 0 Å². The van der Waals surface area contributed by atoms with Crippen LogP contribution in [0.4, 0.5) is 0 Å². The zero-order valence-electron chi connectivity index (χ0n) is 20.3. The molecule has 0 radical (unpaired) electrons. The third-order valence-electron chi connectivity index (χ3n) is 6.63. The highest BCUT2D eigenvalue weighted by atomic mass is 79.9. The lowest BCUT2D eigenvalue weighted by Gasteiger charge is -2.44. The van der Waals surface area contributed by atoms with Crippen LogP contribution in [0.25, 0.3) is 0 Å². The number of ether oxygens (including phenoxy) is 1. The van der Waals surface area contributed by atoms with Crippen molar-refractivity contribution in [3.63, 3.8) is 0 Å². The summed E-state index contributed by atoms with van der Waals surface area (Å²) in [5.41, 5.74) is 4.22. The van der Waals surface area contributed by atoms with Gasteiger partial charge < -0.3 is 10.1 Å². The van der Waals surface area contributed by atoms with E-state index in [9.17, 15) is 9.59 Å². The number of benzene rings is 1. The molecule has 1 aliphatic heterocycles. The highest BCUT2D eigenvalue weighted by Gasteiger charge is 2.46. The molecule has 0 unspecified atom stereocenters. The number of carbonyl (C=O) groups excluding carboxylic acids is 2. The highest BCUT2D eigenvalue weighted by Crippen LogP contribution is 2.52. The number of hydrogen-bond acceptors (Lipinski definition) is 4. The minimum atomic E-state index is -0.352. The van der Waals surface area contributed by atoms with Crippen LogP contribution in [0, 0.1) is 16.7 Å². The molecule has 0 saturated heterocycles. The van der Waals surface area contributed by atoms with Crippen molar-refractivity contribution in [2.45, 2.75) is 73.1 Å². The van der Waals surface area contributed by atoms with Crippen molar-refractivity contribution >= 4 is 43.4 Å². The number of hydrogen-bond donors (Lipinski definition) is 1. The van der Waals surface area contributed by atoms with Crippen LogP contribution >= 0.6 is 31.9 Å². The van der Waals surface area contributed by atoms with Crippen molar-refractivity contribution in [3.8, 4) is 5.75 Å². The minimum Gasteiger partial charge on any atom is -0.491 e. The van der Waals surface area contributed by atoms with E-state index < -0.39 is 0 Å². The SMILES string of the molecule is CC(C)COc1c(Br)cc(C2C3=C(CC(C)(C)CC3=O)NC3=C2C(=O)CC(C)(C)C3)cc1Br. The summed E-state index contributed by atoms with van der Waals surface area (Å²) in [7, 11) is 0. The number of nitrogens with one attached hydrogen (secondary N) is 1. The molecule has 1 N–H and O–H groups in total. The standard InChI is InChI=1S/C27H33Br2NO3/c1-14(2)13-33-25-16(28)7-15(8-17(25)29)22-23-18(9-26(3,4)11-20(23)31)30-19-10-27(5,6)12-21(32)24(19)22/h7-8,14,22,30H,9-13H2,1-6H3. The van der Waals surface area contributed by atoms with E-state index in [0.29, 0.717) is 25.4 Å². The fourth-order valence-electron chi connectivity index (χ4n) is 5.36. The first-order chi connectivity index (χ1) is 15.3. The van der Waals surface area contributed by atoms with Crippen molar-refractivity contribution in [2.24, 2.45) is 16.7 Å². The van der Waals surface area contributed by atoms with Gasteiger partial charge in [-0.2, -0.15) is 0 Å². The lowest BCUT2D eigenvalue weighted by Crippen LogP contribution is -2.42. The Morgan fingerprint density at radius 2 is 1.36 bits per heavy atom. The lowest BCUT2D eigenvalue weighted by atomic mass is 9.64. The molecule has 3 aliphatic rings. The van der Waals surface area contributed by atoms with Crippen LogP contribution in [0.3, 0.4) is 0 Å². The highest BCUT2D eigenvalue weighted by molar-refractivity contribution is 9.11. The first-order valence-corrected chi connectivity index (χ1v) is 13.3. The number of dihydropyridines is 1. The summed E-state index contributed by atoms with van der Waals surface area (Å²) in [5, 5.41) is 3.57. The second kappa shape index (κ2) is 8.67. The molecular formula is C27H33Br2NO3. The van der Waals surface area contributed by atoms with Gasteiger partial charge in [-0.05, 0) is 79.1 Å². The van der Waals surface area contributed by atoms with Gasteiger partial charge in [0.25, 0.3) is 0 Å². The Hall–Kier alpha value is -1.40.